The van der Waals surface area contributed by atoms with Gasteiger partial charge in [0.1, 0.15) is 6.10 Å². The number of nitriles is 1. The Hall–Kier alpha value is -0.590. The van der Waals surface area contributed by atoms with Crippen molar-refractivity contribution in [1.29, 1.82) is 5.26 Å². The summed E-state index contributed by atoms with van der Waals surface area (Å²) in [6.45, 7) is 3.07. The molecule has 0 rings (SSSR count). The number of aliphatic hydroxyl groups excluding tert-OH is 2. The minimum Gasteiger partial charge on any atom is -0.396 e. The summed E-state index contributed by atoms with van der Waals surface area (Å²) in [7, 11) is 0. The third-order valence-corrected chi connectivity index (χ3v) is 1.27. The van der Waals surface area contributed by atoms with Gasteiger partial charge in [-0.05, 0) is 0 Å². The van der Waals surface area contributed by atoms with Crippen LogP contribution in [0.5, 0.6) is 0 Å². The molecule has 0 aromatic carbocycles. The molecule has 0 aromatic heterocycles. The second-order valence-corrected chi connectivity index (χ2v) is 2.68. The summed E-state index contributed by atoms with van der Waals surface area (Å²) in [5.41, 5.74) is -0.700. The summed E-state index contributed by atoms with van der Waals surface area (Å²) in [4.78, 5) is 0. The standard InChI is InChI=1S/C6H11NO2/c1-6(2,4-8)5(9)3-7/h5,8-9H,4H2,1-2H3/t5-/m1/s1. The molecule has 0 aliphatic rings. The van der Waals surface area contributed by atoms with E-state index >= 15 is 0 Å². The van der Waals surface area contributed by atoms with E-state index in [-0.39, 0.29) is 6.61 Å². The zero-order valence-corrected chi connectivity index (χ0v) is 5.63. The maximum atomic E-state index is 8.86. The lowest BCUT2D eigenvalue weighted by molar-refractivity contribution is 0.0428. The van der Waals surface area contributed by atoms with Gasteiger partial charge in [0.2, 0.25) is 0 Å². The number of rotatable bonds is 2. The maximum Gasteiger partial charge on any atom is 0.147 e. The van der Waals surface area contributed by atoms with Crippen LogP contribution in [0, 0.1) is 16.7 Å². The molecule has 0 radical (unpaired) electrons. The van der Waals surface area contributed by atoms with E-state index in [9.17, 15) is 0 Å². The Balaban J connectivity index is 4.01. The quantitative estimate of drug-likeness (QED) is 0.511. The summed E-state index contributed by atoms with van der Waals surface area (Å²) in [5, 5.41) is 25.6. The molecule has 1 atom stereocenters. The van der Waals surface area contributed by atoms with Crippen LogP contribution in [0.25, 0.3) is 0 Å². The predicted octanol–water partition coefficient (Wildman–Crippen LogP) is -0.111. The topological polar surface area (TPSA) is 64.2 Å². The molecule has 3 heteroatoms. The van der Waals surface area contributed by atoms with E-state index in [0.29, 0.717) is 0 Å². The minimum atomic E-state index is -1.08. The fourth-order valence-electron chi connectivity index (χ4n) is 0.261. The van der Waals surface area contributed by atoms with Crippen molar-refractivity contribution in [2.24, 2.45) is 5.41 Å². The summed E-state index contributed by atoms with van der Waals surface area (Å²) in [6, 6.07) is 1.65. The largest absolute Gasteiger partial charge is 0.396 e. The van der Waals surface area contributed by atoms with Crippen LogP contribution in [0.1, 0.15) is 13.8 Å². The van der Waals surface area contributed by atoms with Gasteiger partial charge in [0.25, 0.3) is 0 Å². The normalized spacial score (nSPS) is 14.6. The molecule has 0 heterocycles. The van der Waals surface area contributed by atoms with Crippen LogP contribution in [0.15, 0.2) is 0 Å². The van der Waals surface area contributed by atoms with Crippen LogP contribution in [0.4, 0.5) is 0 Å². The van der Waals surface area contributed by atoms with Crippen LogP contribution in [0.2, 0.25) is 0 Å². The minimum absolute atomic E-state index is 0.179. The molecule has 0 fully saturated rings. The van der Waals surface area contributed by atoms with Gasteiger partial charge in [0.05, 0.1) is 12.7 Å². The Bertz CT molecular complexity index is 126. The Morgan fingerprint density at radius 2 is 2.11 bits per heavy atom. The maximum absolute atomic E-state index is 8.86. The Labute approximate surface area is 54.5 Å². The highest BCUT2D eigenvalue weighted by Gasteiger charge is 2.26. The first kappa shape index (κ1) is 8.41. The van der Waals surface area contributed by atoms with Crippen molar-refractivity contribution < 1.29 is 10.2 Å². The van der Waals surface area contributed by atoms with E-state index in [1.165, 1.54) is 0 Å². The van der Waals surface area contributed by atoms with Crippen LogP contribution in [-0.2, 0) is 0 Å². The smallest absolute Gasteiger partial charge is 0.147 e. The van der Waals surface area contributed by atoms with Crippen molar-refractivity contribution in [2.75, 3.05) is 6.61 Å². The van der Waals surface area contributed by atoms with Gasteiger partial charge < -0.3 is 10.2 Å². The lowest BCUT2D eigenvalue weighted by Gasteiger charge is -2.22. The van der Waals surface area contributed by atoms with E-state index in [1.807, 2.05) is 0 Å². The van der Waals surface area contributed by atoms with Gasteiger partial charge in [-0.15, -0.1) is 0 Å². The summed E-state index contributed by atoms with van der Waals surface area (Å²) in [5.74, 6) is 0. The average molecular weight is 129 g/mol. The monoisotopic (exact) mass is 129 g/mol. The van der Waals surface area contributed by atoms with Crippen LogP contribution in [0.3, 0.4) is 0 Å². The van der Waals surface area contributed by atoms with E-state index in [1.54, 1.807) is 19.9 Å². The number of nitrogens with zero attached hydrogens (tertiary/aromatic N) is 1. The Morgan fingerprint density at radius 3 is 2.22 bits per heavy atom. The Morgan fingerprint density at radius 1 is 1.67 bits per heavy atom. The van der Waals surface area contributed by atoms with Crippen molar-refractivity contribution in [3.63, 3.8) is 0 Å². The van der Waals surface area contributed by atoms with Crippen molar-refractivity contribution in [1.82, 2.24) is 0 Å². The SMILES string of the molecule is CC(C)(CO)[C@H](O)C#N. The molecule has 0 saturated carbocycles. The van der Waals surface area contributed by atoms with E-state index < -0.39 is 11.5 Å². The van der Waals surface area contributed by atoms with Crippen LogP contribution < -0.4 is 0 Å². The van der Waals surface area contributed by atoms with Crippen molar-refractivity contribution in [3.8, 4) is 6.07 Å². The number of hydrogen-bond acceptors (Lipinski definition) is 3. The first-order valence-corrected chi connectivity index (χ1v) is 2.73. The lowest BCUT2D eigenvalue weighted by atomic mass is 9.89. The third-order valence-electron chi connectivity index (χ3n) is 1.27. The average Bonchev–Trinajstić information content (AvgIpc) is 1.86. The highest BCUT2D eigenvalue weighted by atomic mass is 16.3. The first-order valence-electron chi connectivity index (χ1n) is 2.73. The molecule has 0 saturated heterocycles. The molecule has 0 amide bonds. The van der Waals surface area contributed by atoms with Crippen LogP contribution >= 0.6 is 0 Å². The van der Waals surface area contributed by atoms with Gasteiger partial charge in [0.15, 0.2) is 0 Å². The highest BCUT2D eigenvalue weighted by Crippen LogP contribution is 2.18. The third kappa shape index (κ3) is 2.00. The van der Waals surface area contributed by atoms with Gasteiger partial charge in [0, 0.05) is 5.41 Å². The lowest BCUT2D eigenvalue weighted by Crippen LogP contribution is -2.31. The molecule has 0 unspecified atom stereocenters. The molecular weight excluding hydrogens is 118 g/mol. The number of aliphatic hydroxyl groups is 2. The molecule has 0 aliphatic carbocycles. The van der Waals surface area contributed by atoms with Gasteiger partial charge in [-0.3, -0.25) is 0 Å². The molecule has 9 heavy (non-hydrogen) atoms. The fraction of sp³-hybridized carbons (Fsp3) is 0.833. The van der Waals surface area contributed by atoms with E-state index in [4.69, 9.17) is 15.5 Å². The van der Waals surface area contributed by atoms with E-state index in [0.717, 1.165) is 0 Å². The van der Waals surface area contributed by atoms with Crippen LogP contribution in [-0.4, -0.2) is 22.9 Å². The number of hydrogen-bond donors (Lipinski definition) is 2. The summed E-state index contributed by atoms with van der Waals surface area (Å²) >= 11 is 0. The second kappa shape index (κ2) is 2.81. The molecule has 52 valence electrons. The van der Waals surface area contributed by atoms with Gasteiger partial charge in [-0.25, -0.2) is 0 Å². The van der Waals surface area contributed by atoms with Crippen molar-refractivity contribution in [3.05, 3.63) is 0 Å². The predicted molar refractivity (Wildman–Crippen MR) is 32.5 cm³/mol. The zero-order valence-electron chi connectivity index (χ0n) is 5.63. The molecule has 0 spiro atoms. The first-order chi connectivity index (χ1) is 4.04. The molecule has 3 nitrogen and oxygen atoms in total. The fourth-order valence-corrected chi connectivity index (χ4v) is 0.261. The highest BCUT2D eigenvalue weighted by molar-refractivity contribution is 4.93. The summed E-state index contributed by atoms with van der Waals surface area (Å²) < 4.78 is 0. The summed E-state index contributed by atoms with van der Waals surface area (Å²) in [6.07, 6.45) is -1.08. The van der Waals surface area contributed by atoms with Gasteiger partial charge in [-0.2, -0.15) is 5.26 Å². The van der Waals surface area contributed by atoms with Crippen molar-refractivity contribution in [2.45, 2.75) is 20.0 Å². The molecule has 0 aromatic rings. The van der Waals surface area contributed by atoms with Gasteiger partial charge >= 0.3 is 0 Å². The van der Waals surface area contributed by atoms with E-state index in [2.05, 4.69) is 0 Å². The molecular formula is C6H11NO2. The second-order valence-electron chi connectivity index (χ2n) is 2.68. The molecule has 0 bridgehead atoms. The van der Waals surface area contributed by atoms with Crippen molar-refractivity contribution >= 4 is 0 Å². The molecule has 2 N–H and O–H groups in total. The zero-order chi connectivity index (χ0) is 7.49. The van der Waals surface area contributed by atoms with Gasteiger partial charge in [-0.1, -0.05) is 13.8 Å². The molecule has 0 aliphatic heterocycles. The Kier molecular flexibility index (Phi) is 2.63.